The number of rotatable bonds is 3. The van der Waals surface area contributed by atoms with Crippen molar-refractivity contribution in [3.05, 3.63) is 33.5 Å². The highest BCUT2D eigenvalue weighted by atomic mass is 79.9. The zero-order chi connectivity index (χ0) is 15.8. The Balaban J connectivity index is 0.000000211. The standard InChI is InChI=1S/C7H9BrN2O.C6H7BrN2O/c1-9-7-6(11-2)3-5(8)4-10-7;1-10-5-2-4(7)3-9-6(5)8/h3-4H,1-2H3,(H,9,10);2-3H,1H3,(H2,8,9). The summed E-state index contributed by atoms with van der Waals surface area (Å²) < 4.78 is 11.7. The number of nitrogens with two attached hydrogens (primary N) is 1. The van der Waals surface area contributed by atoms with Gasteiger partial charge < -0.3 is 20.5 Å². The molecule has 3 N–H and O–H groups in total. The van der Waals surface area contributed by atoms with Gasteiger partial charge in [-0.2, -0.15) is 0 Å². The smallest absolute Gasteiger partial charge is 0.168 e. The van der Waals surface area contributed by atoms with Crippen LogP contribution >= 0.6 is 31.9 Å². The molecule has 0 bridgehead atoms. The van der Waals surface area contributed by atoms with E-state index >= 15 is 0 Å². The maximum absolute atomic E-state index is 5.44. The Kier molecular flexibility index (Phi) is 7.24. The molecule has 0 amide bonds. The van der Waals surface area contributed by atoms with Gasteiger partial charge in [0.05, 0.1) is 14.2 Å². The van der Waals surface area contributed by atoms with Crippen LogP contribution in [0.3, 0.4) is 0 Å². The van der Waals surface area contributed by atoms with Crippen molar-refractivity contribution in [3.8, 4) is 11.5 Å². The highest BCUT2D eigenvalue weighted by Crippen LogP contribution is 2.24. The molecule has 2 aromatic heterocycles. The fourth-order valence-corrected chi connectivity index (χ4v) is 1.98. The van der Waals surface area contributed by atoms with Crippen LogP contribution in [0.5, 0.6) is 11.5 Å². The summed E-state index contributed by atoms with van der Waals surface area (Å²) in [6.45, 7) is 0. The SMILES string of the molecule is CNc1ncc(Br)cc1OC.COc1cc(Br)cnc1N. The summed E-state index contributed by atoms with van der Waals surface area (Å²) in [7, 11) is 4.98. The molecule has 6 nitrogen and oxygen atoms in total. The van der Waals surface area contributed by atoms with Crippen molar-refractivity contribution in [2.24, 2.45) is 0 Å². The first-order valence-electron chi connectivity index (χ1n) is 5.84. The first kappa shape index (κ1) is 17.5. The highest BCUT2D eigenvalue weighted by molar-refractivity contribution is 9.10. The number of hydrogen-bond acceptors (Lipinski definition) is 6. The number of hydrogen-bond donors (Lipinski definition) is 2. The van der Waals surface area contributed by atoms with Crippen LogP contribution in [0.15, 0.2) is 33.5 Å². The molecule has 0 unspecified atom stereocenters. The Bertz CT molecular complexity index is 596. The van der Waals surface area contributed by atoms with Gasteiger partial charge in [-0.15, -0.1) is 0 Å². The van der Waals surface area contributed by atoms with Gasteiger partial charge >= 0.3 is 0 Å². The van der Waals surface area contributed by atoms with E-state index in [-0.39, 0.29) is 0 Å². The fourth-order valence-electron chi connectivity index (χ4n) is 1.36. The van der Waals surface area contributed by atoms with Crippen LogP contribution in [0, 0.1) is 0 Å². The molecule has 0 spiro atoms. The van der Waals surface area contributed by atoms with Crippen molar-refractivity contribution in [1.82, 2.24) is 9.97 Å². The fraction of sp³-hybridized carbons (Fsp3) is 0.231. The van der Waals surface area contributed by atoms with Crippen LogP contribution in [0.25, 0.3) is 0 Å². The average Bonchev–Trinajstić information content (AvgIpc) is 2.50. The number of pyridine rings is 2. The first-order chi connectivity index (χ1) is 10.0. The summed E-state index contributed by atoms with van der Waals surface area (Å²) in [4.78, 5) is 7.94. The number of ether oxygens (including phenoxy) is 2. The van der Waals surface area contributed by atoms with Crippen LogP contribution in [-0.2, 0) is 0 Å². The molecule has 0 aliphatic carbocycles. The Hall–Kier alpha value is -1.54. The molecule has 0 saturated heterocycles. The molecule has 0 radical (unpaired) electrons. The van der Waals surface area contributed by atoms with Crippen LogP contribution in [0.4, 0.5) is 11.6 Å². The molecule has 0 saturated carbocycles. The van der Waals surface area contributed by atoms with Gasteiger partial charge in [0, 0.05) is 28.4 Å². The lowest BCUT2D eigenvalue weighted by atomic mass is 10.4. The van der Waals surface area contributed by atoms with Gasteiger partial charge in [-0.1, -0.05) is 0 Å². The Morgan fingerprint density at radius 1 is 1.00 bits per heavy atom. The summed E-state index contributed by atoms with van der Waals surface area (Å²) in [6.07, 6.45) is 3.34. The van der Waals surface area contributed by atoms with Gasteiger partial charge in [0.15, 0.2) is 23.1 Å². The molecule has 0 aliphatic heterocycles. The molecule has 0 fully saturated rings. The van der Waals surface area contributed by atoms with Gasteiger partial charge in [-0.25, -0.2) is 9.97 Å². The van der Waals surface area contributed by atoms with Crippen molar-refractivity contribution in [2.75, 3.05) is 32.3 Å². The zero-order valence-electron chi connectivity index (χ0n) is 11.9. The minimum Gasteiger partial charge on any atom is -0.493 e. The summed E-state index contributed by atoms with van der Waals surface area (Å²) in [5.74, 6) is 2.48. The predicted octanol–water partition coefficient (Wildman–Crippen LogP) is 3.33. The highest BCUT2D eigenvalue weighted by Gasteiger charge is 2.01. The van der Waals surface area contributed by atoms with E-state index in [4.69, 9.17) is 15.2 Å². The van der Waals surface area contributed by atoms with Crippen molar-refractivity contribution in [3.63, 3.8) is 0 Å². The monoisotopic (exact) mass is 418 g/mol. The second-order valence-electron chi connectivity index (χ2n) is 3.70. The minimum absolute atomic E-state index is 0.408. The maximum Gasteiger partial charge on any atom is 0.168 e. The molecule has 2 aromatic rings. The topological polar surface area (TPSA) is 82.3 Å². The van der Waals surface area contributed by atoms with Crippen LogP contribution in [-0.4, -0.2) is 31.2 Å². The van der Waals surface area contributed by atoms with E-state index < -0.39 is 0 Å². The van der Waals surface area contributed by atoms with Gasteiger partial charge in [-0.05, 0) is 44.0 Å². The lowest BCUT2D eigenvalue weighted by molar-refractivity contribution is 0.415. The predicted molar refractivity (Wildman–Crippen MR) is 90.9 cm³/mol. The summed E-state index contributed by atoms with van der Waals surface area (Å²) in [6, 6.07) is 3.63. The molecular formula is C13H16Br2N4O2. The Morgan fingerprint density at radius 3 is 2.00 bits per heavy atom. The summed E-state index contributed by atoms with van der Waals surface area (Å²) >= 11 is 6.54. The second kappa shape index (κ2) is 8.68. The Labute approximate surface area is 140 Å². The van der Waals surface area contributed by atoms with E-state index in [1.165, 1.54) is 0 Å². The van der Waals surface area contributed by atoms with E-state index in [1.807, 2.05) is 6.07 Å². The third-order valence-corrected chi connectivity index (χ3v) is 3.21. The van der Waals surface area contributed by atoms with Crippen molar-refractivity contribution < 1.29 is 9.47 Å². The van der Waals surface area contributed by atoms with E-state index in [0.29, 0.717) is 11.6 Å². The number of methoxy groups -OCH3 is 2. The van der Waals surface area contributed by atoms with Crippen molar-refractivity contribution >= 4 is 43.5 Å². The van der Waals surface area contributed by atoms with Gasteiger partial charge in [0.2, 0.25) is 0 Å². The number of nitrogen functional groups attached to an aromatic ring is 1. The molecule has 114 valence electrons. The molecule has 2 rings (SSSR count). The maximum atomic E-state index is 5.44. The van der Waals surface area contributed by atoms with E-state index in [9.17, 15) is 0 Å². The quantitative estimate of drug-likeness (QED) is 0.793. The number of nitrogens with one attached hydrogen (secondary N) is 1. The van der Waals surface area contributed by atoms with Gasteiger partial charge in [-0.3, -0.25) is 0 Å². The molecule has 0 aliphatic rings. The van der Waals surface area contributed by atoms with E-state index in [0.717, 1.165) is 20.5 Å². The molecule has 2 heterocycles. The Morgan fingerprint density at radius 2 is 1.52 bits per heavy atom. The second-order valence-corrected chi connectivity index (χ2v) is 5.53. The minimum atomic E-state index is 0.408. The van der Waals surface area contributed by atoms with E-state index in [2.05, 4.69) is 47.1 Å². The van der Waals surface area contributed by atoms with Crippen LogP contribution in [0.1, 0.15) is 0 Å². The van der Waals surface area contributed by atoms with Crippen molar-refractivity contribution in [1.29, 1.82) is 0 Å². The van der Waals surface area contributed by atoms with Crippen molar-refractivity contribution in [2.45, 2.75) is 0 Å². The molecular weight excluding hydrogens is 404 g/mol. The van der Waals surface area contributed by atoms with Gasteiger partial charge in [0.1, 0.15) is 0 Å². The lowest BCUT2D eigenvalue weighted by Gasteiger charge is -2.05. The summed E-state index contributed by atoms with van der Waals surface area (Å²) in [5, 5.41) is 2.92. The van der Waals surface area contributed by atoms with Gasteiger partial charge in [0.25, 0.3) is 0 Å². The number of anilines is 2. The van der Waals surface area contributed by atoms with E-state index in [1.54, 1.807) is 39.7 Å². The molecule has 8 heteroatoms. The normalized spacial score (nSPS) is 9.38. The lowest BCUT2D eigenvalue weighted by Crippen LogP contribution is -1.95. The summed E-state index contributed by atoms with van der Waals surface area (Å²) in [5.41, 5.74) is 5.44. The third-order valence-electron chi connectivity index (χ3n) is 2.34. The third kappa shape index (κ3) is 5.39. The molecule has 0 aromatic carbocycles. The number of aromatic nitrogens is 2. The van der Waals surface area contributed by atoms with Crippen LogP contribution in [0.2, 0.25) is 0 Å². The number of nitrogens with zero attached hydrogens (tertiary/aromatic N) is 2. The molecule has 21 heavy (non-hydrogen) atoms. The largest absolute Gasteiger partial charge is 0.493 e. The zero-order valence-corrected chi connectivity index (χ0v) is 15.0. The molecule has 0 atom stereocenters. The average molecular weight is 420 g/mol. The first-order valence-corrected chi connectivity index (χ1v) is 7.42. The number of halogens is 2. The van der Waals surface area contributed by atoms with Crippen LogP contribution < -0.4 is 20.5 Å².